The minimum absolute atomic E-state index is 0.0152. The van der Waals surface area contributed by atoms with Gasteiger partial charge in [-0.15, -0.1) is 0 Å². The van der Waals surface area contributed by atoms with E-state index in [4.69, 9.17) is 10.8 Å². The minimum atomic E-state index is -0.957. The maximum absolute atomic E-state index is 10.8. The molecular weight excluding hydrogens is 172 g/mol. The molecule has 0 aliphatic rings. The van der Waals surface area contributed by atoms with Crippen molar-refractivity contribution in [3.05, 3.63) is 0 Å². The molecule has 5 heteroatoms. The summed E-state index contributed by atoms with van der Waals surface area (Å²) < 4.78 is 0. The van der Waals surface area contributed by atoms with Crippen LogP contribution in [0.3, 0.4) is 0 Å². The highest BCUT2D eigenvalue weighted by atomic mass is 16.4. The zero-order valence-electron chi connectivity index (χ0n) is 8.15. The van der Waals surface area contributed by atoms with Gasteiger partial charge in [-0.25, -0.2) is 0 Å². The standard InChI is InChI=1S/C8H16N2O3/c1-5(2)10(4-7(11)12)6(3)8(9)13/h5-6H,4H2,1-3H3,(H2,9,13)(H,11,12). The molecule has 0 saturated heterocycles. The van der Waals surface area contributed by atoms with E-state index in [1.54, 1.807) is 6.92 Å². The number of hydrogen-bond acceptors (Lipinski definition) is 3. The summed E-state index contributed by atoms with van der Waals surface area (Å²) in [6.07, 6.45) is 0. The van der Waals surface area contributed by atoms with Gasteiger partial charge < -0.3 is 10.8 Å². The van der Waals surface area contributed by atoms with Crippen LogP contribution < -0.4 is 5.73 Å². The summed E-state index contributed by atoms with van der Waals surface area (Å²) in [6.45, 7) is 5.08. The van der Waals surface area contributed by atoms with Crippen LogP contribution in [0.4, 0.5) is 0 Å². The number of carbonyl (C=O) groups excluding carboxylic acids is 1. The van der Waals surface area contributed by atoms with E-state index in [2.05, 4.69) is 0 Å². The fraction of sp³-hybridized carbons (Fsp3) is 0.750. The van der Waals surface area contributed by atoms with E-state index in [1.807, 2.05) is 13.8 Å². The molecular formula is C8H16N2O3. The van der Waals surface area contributed by atoms with Crippen LogP contribution in [0.1, 0.15) is 20.8 Å². The highest BCUT2D eigenvalue weighted by Gasteiger charge is 2.23. The third kappa shape index (κ3) is 3.89. The SMILES string of the molecule is CC(C)N(CC(=O)O)C(C)C(N)=O. The van der Waals surface area contributed by atoms with Crippen molar-refractivity contribution in [3.63, 3.8) is 0 Å². The van der Waals surface area contributed by atoms with Gasteiger partial charge in [0.1, 0.15) is 0 Å². The zero-order chi connectivity index (χ0) is 10.6. The lowest BCUT2D eigenvalue weighted by molar-refractivity contribution is -0.140. The molecule has 1 atom stereocenters. The third-order valence-electron chi connectivity index (χ3n) is 1.89. The number of carboxylic acids is 1. The van der Waals surface area contributed by atoms with Crippen LogP contribution in [0.2, 0.25) is 0 Å². The first-order valence-corrected chi connectivity index (χ1v) is 4.13. The summed E-state index contributed by atoms with van der Waals surface area (Å²) in [4.78, 5) is 22.8. The quantitative estimate of drug-likeness (QED) is 0.618. The van der Waals surface area contributed by atoms with E-state index in [0.717, 1.165) is 0 Å². The summed E-state index contributed by atoms with van der Waals surface area (Å²) in [5, 5.41) is 8.57. The Balaban J connectivity index is 4.41. The number of primary amides is 1. The van der Waals surface area contributed by atoms with Crippen molar-refractivity contribution in [1.82, 2.24) is 4.90 Å². The molecule has 0 bridgehead atoms. The Labute approximate surface area is 77.5 Å². The first kappa shape index (κ1) is 11.9. The molecule has 13 heavy (non-hydrogen) atoms. The van der Waals surface area contributed by atoms with Gasteiger partial charge in [0, 0.05) is 6.04 Å². The summed E-state index contributed by atoms with van der Waals surface area (Å²) in [5.74, 6) is -1.46. The van der Waals surface area contributed by atoms with Gasteiger partial charge in [0.05, 0.1) is 12.6 Å². The molecule has 0 aromatic heterocycles. The van der Waals surface area contributed by atoms with Gasteiger partial charge in [0.25, 0.3) is 0 Å². The van der Waals surface area contributed by atoms with Gasteiger partial charge in [-0.05, 0) is 20.8 Å². The first-order chi connectivity index (χ1) is 5.86. The van der Waals surface area contributed by atoms with Crippen LogP contribution in [0.15, 0.2) is 0 Å². The second kappa shape index (κ2) is 4.81. The predicted molar refractivity (Wildman–Crippen MR) is 48.1 cm³/mol. The number of amides is 1. The lowest BCUT2D eigenvalue weighted by Crippen LogP contribution is -2.48. The first-order valence-electron chi connectivity index (χ1n) is 4.13. The molecule has 0 heterocycles. The maximum Gasteiger partial charge on any atom is 0.317 e. The van der Waals surface area contributed by atoms with Crippen molar-refractivity contribution in [2.75, 3.05) is 6.54 Å². The third-order valence-corrected chi connectivity index (χ3v) is 1.89. The molecule has 3 N–H and O–H groups in total. The fourth-order valence-corrected chi connectivity index (χ4v) is 1.09. The highest BCUT2D eigenvalue weighted by Crippen LogP contribution is 2.04. The Morgan fingerprint density at radius 3 is 2.08 bits per heavy atom. The van der Waals surface area contributed by atoms with Crippen LogP contribution in [0.25, 0.3) is 0 Å². The number of nitrogens with two attached hydrogens (primary N) is 1. The maximum atomic E-state index is 10.8. The summed E-state index contributed by atoms with van der Waals surface area (Å²) in [5.41, 5.74) is 5.08. The van der Waals surface area contributed by atoms with Gasteiger partial charge in [-0.2, -0.15) is 0 Å². The predicted octanol–water partition coefficient (Wildman–Crippen LogP) is -0.345. The van der Waals surface area contributed by atoms with Crippen LogP contribution in [0.5, 0.6) is 0 Å². The molecule has 5 nitrogen and oxygen atoms in total. The monoisotopic (exact) mass is 188 g/mol. The fourth-order valence-electron chi connectivity index (χ4n) is 1.09. The van der Waals surface area contributed by atoms with E-state index in [0.29, 0.717) is 0 Å². The Morgan fingerprint density at radius 1 is 1.38 bits per heavy atom. The van der Waals surface area contributed by atoms with Crippen LogP contribution in [-0.4, -0.2) is 40.5 Å². The minimum Gasteiger partial charge on any atom is -0.480 e. The van der Waals surface area contributed by atoms with Crippen LogP contribution >= 0.6 is 0 Å². The Bertz CT molecular complexity index is 204. The van der Waals surface area contributed by atoms with Crippen LogP contribution in [0, 0.1) is 0 Å². The molecule has 0 fully saturated rings. The average Bonchev–Trinajstić information content (AvgIpc) is 1.97. The number of aliphatic carboxylic acids is 1. The smallest absolute Gasteiger partial charge is 0.317 e. The van der Waals surface area contributed by atoms with Crippen molar-refractivity contribution in [2.45, 2.75) is 32.9 Å². The molecule has 0 aromatic rings. The average molecular weight is 188 g/mol. The van der Waals surface area contributed by atoms with E-state index in [1.165, 1.54) is 4.90 Å². The van der Waals surface area contributed by atoms with Gasteiger partial charge >= 0.3 is 5.97 Å². The van der Waals surface area contributed by atoms with Crippen LogP contribution in [-0.2, 0) is 9.59 Å². The molecule has 0 radical (unpaired) electrons. The van der Waals surface area contributed by atoms with Crippen molar-refractivity contribution < 1.29 is 14.7 Å². The van der Waals surface area contributed by atoms with Gasteiger partial charge in [0.15, 0.2) is 0 Å². The molecule has 0 aliphatic carbocycles. The van der Waals surface area contributed by atoms with Crippen molar-refractivity contribution in [2.24, 2.45) is 5.73 Å². The molecule has 0 aliphatic heterocycles. The zero-order valence-corrected chi connectivity index (χ0v) is 8.15. The van der Waals surface area contributed by atoms with Crippen molar-refractivity contribution in [3.8, 4) is 0 Å². The van der Waals surface area contributed by atoms with Crippen molar-refractivity contribution >= 4 is 11.9 Å². The van der Waals surface area contributed by atoms with E-state index >= 15 is 0 Å². The second-order valence-corrected chi connectivity index (χ2v) is 3.24. The largest absolute Gasteiger partial charge is 0.480 e. The van der Waals surface area contributed by atoms with Crippen molar-refractivity contribution in [1.29, 1.82) is 0 Å². The summed E-state index contributed by atoms with van der Waals surface area (Å²) in [6, 6.07) is -0.560. The number of hydrogen-bond donors (Lipinski definition) is 2. The molecule has 0 spiro atoms. The normalized spacial score (nSPS) is 13.3. The molecule has 76 valence electrons. The van der Waals surface area contributed by atoms with Gasteiger partial charge in [-0.3, -0.25) is 14.5 Å². The molecule has 1 amide bonds. The number of rotatable bonds is 5. The Kier molecular flexibility index (Phi) is 4.40. The number of carbonyl (C=O) groups is 2. The van der Waals surface area contributed by atoms with E-state index < -0.39 is 17.9 Å². The molecule has 0 rings (SSSR count). The Morgan fingerprint density at radius 2 is 1.85 bits per heavy atom. The van der Waals surface area contributed by atoms with E-state index in [9.17, 15) is 9.59 Å². The molecule has 1 unspecified atom stereocenters. The van der Waals surface area contributed by atoms with Gasteiger partial charge in [-0.1, -0.05) is 0 Å². The summed E-state index contributed by atoms with van der Waals surface area (Å²) in [7, 11) is 0. The Hall–Kier alpha value is -1.10. The number of carboxylic acid groups (broad SMARTS) is 1. The number of nitrogens with zero attached hydrogens (tertiary/aromatic N) is 1. The lowest BCUT2D eigenvalue weighted by Gasteiger charge is -2.28. The molecule has 0 saturated carbocycles. The topological polar surface area (TPSA) is 83.6 Å². The van der Waals surface area contributed by atoms with E-state index in [-0.39, 0.29) is 12.6 Å². The second-order valence-electron chi connectivity index (χ2n) is 3.24. The molecule has 0 aromatic carbocycles. The summed E-state index contributed by atoms with van der Waals surface area (Å²) >= 11 is 0. The highest BCUT2D eigenvalue weighted by molar-refractivity contribution is 5.80. The lowest BCUT2D eigenvalue weighted by atomic mass is 10.2. The van der Waals surface area contributed by atoms with Gasteiger partial charge in [0.2, 0.25) is 5.91 Å².